The van der Waals surface area contributed by atoms with Crippen LogP contribution in [0.25, 0.3) is 11.1 Å². The molecule has 0 bridgehead atoms. The van der Waals surface area contributed by atoms with Crippen LogP contribution < -0.4 is 5.63 Å². The Morgan fingerprint density at radius 1 is 0.929 bits per heavy atom. The maximum Gasteiger partial charge on any atom is 0.335 e. The van der Waals surface area contributed by atoms with Gasteiger partial charge in [-0.2, -0.15) is 0 Å². The second-order valence-electron chi connectivity index (χ2n) is 2.85. The lowest BCUT2D eigenvalue weighted by Gasteiger charge is -1.99. The fraction of sp³-hybridized carbons (Fsp3) is 0. The highest BCUT2D eigenvalue weighted by atomic mass is 127. The van der Waals surface area contributed by atoms with Crippen LogP contribution in [-0.4, -0.2) is 0 Å². The Balaban J connectivity index is 2.44. The van der Waals surface area contributed by atoms with Gasteiger partial charge in [-0.15, -0.1) is 0 Å². The van der Waals surface area contributed by atoms with Gasteiger partial charge in [0, 0.05) is 15.2 Å². The molecule has 0 aliphatic heterocycles. The van der Waals surface area contributed by atoms with Crippen molar-refractivity contribution >= 4 is 22.6 Å². The minimum absolute atomic E-state index is 0.320. The van der Waals surface area contributed by atoms with E-state index in [1.54, 1.807) is 6.07 Å². The third-order valence-electron chi connectivity index (χ3n) is 1.88. The molecule has 14 heavy (non-hydrogen) atoms. The van der Waals surface area contributed by atoms with Crippen LogP contribution in [0.1, 0.15) is 0 Å². The van der Waals surface area contributed by atoms with Gasteiger partial charge in [-0.3, -0.25) is 0 Å². The van der Waals surface area contributed by atoms with Crippen LogP contribution in [0.4, 0.5) is 0 Å². The molecule has 0 aliphatic rings. The summed E-state index contributed by atoms with van der Waals surface area (Å²) < 4.78 is 5.97. The fourth-order valence-electron chi connectivity index (χ4n) is 1.16. The SMILES string of the molecule is O=c1ccc(-c2ccc(I)cc2)co1. The molecule has 0 N–H and O–H groups in total. The Morgan fingerprint density at radius 2 is 1.57 bits per heavy atom. The van der Waals surface area contributed by atoms with E-state index in [4.69, 9.17) is 4.42 Å². The van der Waals surface area contributed by atoms with E-state index in [1.807, 2.05) is 24.3 Å². The summed E-state index contributed by atoms with van der Waals surface area (Å²) in [6.45, 7) is 0. The van der Waals surface area contributed by atoms with E-state index < -0.39 is 0 Å². The quantitative estimate of drug-likeness (QED) is 0.758. The number of benzene rings is 1. The summed E-state index contributed by atoms with van der Waals surface area (Å²) in [6.07, 6.45) is 1.48. The average molecular weight is 298 g/mol. The summed E-state index contributed by atoms with van der Waals surface area (Å²) in [5, 5.41) is 0. The molecule has 2 aromatic rings. The molecule has 0 unspecified atom stereocenters. The molecule has 0 amide bonds. The highest BCUT2D eigenvalue weighted by Gasteiger charge is 1.97. The first-order chi connectivity index (χ1) is 6.75. The Kier molecular flexibility index (Phi) is 2.67. The molecule has 1 heterocycles. The lowest BCUT2D eigenvalue weighted by Crippen LogP contribution is -1.93. The van der Waals surface area contributed by atoms with Gasteiger partial charge >= 0.3 is 5.63 Å². The summed E-state index contributed by atoms with van der Waals surface area (Å²) in [4.78, 5) is 10.7. The van der Waals surface area contributed by atoms with Gasteiger partial charge in [-0.05, 0) is 46.4 Å². The summed E-state index contributed by atoms with van der Waals surface area (Å²) in [5.74, 6) is 0. The van der Waals surface area contributed by atoms with E-state index >= 15 is 0 Å². The van der Waals surface area contributed by atoms with E-state index in [0.29, 0.717) is 0 Å². The van der Waals surface area contributed by atoms with Gasteiger partial charge in [-0.25, -0.2) is 4.79 Å². The maximum atomic E-state index is 10.7. The molecule has 1 aromatic carbocycles. The van der Waals surface area contributed by atoms with Crippen molar-refractivity contribution in [2.45, 2.75) is 0 Å². The number of halogens is 1. The number of hydrogen-bond acceptors (Lipinski definition) is 2. The molecule has 2 rings (SSSR count). The lowest BCUT2D eigenvalue weighted by atomic mass is 10.1. The first-order valence-electron chi connectivity index (χ1n) is 4.10. The molecule has 2 nitrogen and oxygen atoms in total. The van der Waals surface area contributed by atoms with Gasteiger partial charge < -0.3 is 4.42 Å². The molecule has 0 atom stereocenters. The van der Waals surface area contributed by atoms with Crippen molar-refractivity contribution in [2.24, 2.45) is 0 Å². The average Bonchev–Trinajstić information content (AvgIpc) is 2.21. The molecule has 3 heteroatoms. The van der Waals surface area contributed by atoms with Crippen LogP contribution in [-0.2, 0) is 0 Å². The molecular formula is C11H7IO2. The van der Waals surface area contributed by atoms with Crippen molar-refractivity contribution in [3.63, 3.8) is 0 Å². The minimum atomic E-state index is -0.320. The molecular weight excluding hydrogens is 291 g/mol. The molecule has 0 saturated heterocycles. The van der Waals surface area contributed by atoms with Crippen LogP contribution >= 0.6 is 22.6 Å². The topological polar surface area (TPSA) is 30.2 Å². The lowest BCUT2D eigenvalue weighted by molar-refractivity contribution is 0.512. The van der Waals surface area contributed by atoms with Crippen LogP contribution in [0.3, 0.4) is 0 Å². The van der Waals surface area contributed by atoms with Gasteiger partial charge in [-0.1, -0.05) is 12.1 Å². The molecule has 0 fully saturated rings. The van der Waals surface area contributed by atoms with Crippen LogP contribution in [0, 0.1) is 3.57 Å². The van der Waals surface area contributed by atoms with E-state index in [2.05, 4.69) is 22.6 Å². The second kappa shape index (κ2) is 3.96. The second-order valence-corrected chi connectivity index (χ2v) is 4.10. The van der Waals surface area contributed by atoms with Crippen molar-refractivity contribution in [3.05, 3.63) is 56.7 Å². The van der Waals surface area contributed by atoms with Crippen LogP contribution in [0.5, 0.6) is 0 Å². The molecule has 70 valence electrons. The molecule has 0 radical (unpaired) electrons. The summed E-state index contributed by atoms with van der Waals surface area (Å²) >= 11 is 2.25. The van der Waals surface area contributed by atoms with Gasteiger partial charge in [0.2, 0.25) is 0 Å². The van der Waals surface area contributed by atoms with Gasteiger partial charge in [0.1, 0.15) is 6.26 Å². The van der Waals surface area contributed by atoms with Crippen molar-refractivity contribution in [1.29, 1.82) is 0 Å². The monoisotopic (exact) mass is 298 g/mol. The van der Waals surface area contributed by atoms with Gasteiger partial charge in [0.25, 0.3) is 0 Å². The predicted octanol–water partition coefficient (Wildman–Crippen LogP) is 2.91. The van der Waals surface area contributed by atoms with Crippen molar-refractivity contribution in [2.75, 3.05) is 0 Å². The zero-order valence-electron chi connectivity index (χ0n) is 7.24. The summed E-state index contributed by atoms with van der Waals surface area (Å²) in [5.41, 5.74) is 1.65. The maximum absolute atomic E-state index is 10.7. The van der Waals surface area contributed by atoms with E-state index in [9.17, 15) is 4.79 Å². The molecule has 0 spiro atoms. The van der Waals surface area contributed by atoms with Crippen molar-refractivity contribution in [3.8, 4) is 11.1 Å². The summed E-state index contributed by atoms with van der Waals surface area (Å²) in [6, 6.07) is 11.2. The third-order valence-corrected chi connectivity index (χ3v) is 2.60. The van der Waals surface area contributed by atoms with E-state index in [1.165, 1.54) is 15.9 Å². The standard InChI is InChI=1S/C11H7IO2/c12-10-4-1-8(2-5-10)9-3-6-11(13)14-7-9/h1-7H. The Morgan fingerprint density at radius 3 is 2.14 bits per heavy atom. The highest BCUT2D eigenvalue weighted by molar-refractivity contribution is 14.1. The van der Waals surface area contributed by atoms with Crippen LogP contribution in [0.2, 0.25) is 0 Å². The van der Waals surface area contributed by atoms with E-state index in [-0.39, 0.29) is 5.63 Å². The van der Waals surface area contributed by atoms with Crippen LogP contribution in [0.15, 0.2) is 51.9 Å². The number of hydrogen-bond donors (Lipinski definition) is 0. The third kappa shape index (κ3) is 2.04. The fourth-order valence-corrected chi connectivity index (χ4v) is 1.52. The first-order valence-corrected chi connectivity index (χ1v) is 5.18. The largest absolute Gasteiger partial charge is 0.431 e. The van der Waals surface area contributed by atoms with E-state index in [0.717, 1.165) is 11.1 Å². The zero-order valence-corrected chi connectivity index (χ0v) is 9.39. The zero-order chi connectivity index (χ0) is 9.97. The predicted molar refractivity (Wildman–Crippen MR) is 63.1 cm³/mol. The summed E-state index contributed by atoms with van der Waals surface area (Å²) in [7, 11) is 0. The first kappa shape index (κ1) is 9.45. The normalized spacial score (nSPS) is 10.1. The number of rotatable bonds is 1. The Bertz CT molecular complexity index is 465. The molecule has 0 saturated carbocycles. The van der Waals surface area contributed by atoms with Crippen molar-refractivity contribution in [1.82, 2.24) is 0 Å². The molecule has 1 aromatic heterocycles. The van der Waals surface area contributed by atoms with Crippen molar-refractivity contribution < 1.29 is 4.42 Å². The minimum Gasteiger partial charge on any atom is -0.431 e. The Labute approximate surface area is 94.7 Å². The molecule has 0 aliphatic carbocycles. The highest BCUT2D eigenvalue weighted by Crippen LogP contribution is 2.18. The smallest absolute Gasteiger partial charge is 0.335 e. The Hall–Kier alpha value is -1.10. The van der Waals surface area contributed by atoms with Gasteiger partial charge in [0.05, 0.1) is 0 Å². The van der Waals surface area contributed by atoms with Gasteiger partial charge in [0.15, 0.2) is 0 Å².